The van der Waals surface area contributed by atoms with Crippen LogP contribution in [0.25, 0.3) is 16.9 Å². The highest BCUT2D eigenvalue weighted by molar-refractivity contribution is 5.68. The Morgan fingerprint density at radius 3 is 2.85 bits per heavy atom. The fraction of sp³-hybridized carbons (Fsp3) is 0.0526. The second-order valence-electron chi connectivity index (χ2n) is 5.99. The van der Waals surface area contributed by atoms with Crippen molar-refractivity contribution in [2.45, 2.75) is 6.92 Å². The van der Waals surface area contributed by atoms with E-state index in [9.17, 15) is 9.18 Å². The maximum atomic E-state index is 13.6. The molecule has 7 nitrogen and oxygen atoms in total. The van der Waals surface area contributed by atoms with E-state index >= 15 is 0 Å². The molecule has 2 heterocycles. The second-order valence-corrected chi connectivity index (χ2v) is 5.99. The van der Waals surface area contributed by atoms with Gasteiger partial charge in [-0.25, -0.2) is 23.7 Å². The largest absolute Gasteiger partial charge is 0.350 e. The molecule has 8 heteroatoms. The number of aromatic amines is 1. The monoisotopic (exact) mass is 360 g/mol. The summed E-state index contributed by atoms with van der Waals surface area (Å²) < 4.78 is 14.8. The topological polar surface area (TPSA) is 98.9 Å². The number of fused-ring (bicyclic) bond motifs is 1. The minimum atomic E-state index is -0.616. The Bertz CT molecular complexity index is 1270. The van der Waals surface area contributed by atoms with Gasteiger partial charge in [-0.15, -0.1) is 0 Å². The fourth-order valence-corrected chi connectivity index (χ4v) is 2.78. The first kappa shape index (κ1) is 16.5. The first-order valence-corrected chi connectivity index (χ1v) is 8.07. The Morgan fingerprint density at radius 2 is 2.07 bits per heavy atom. The van der Waals surface area contributed by atoms with E-state index in [1.54, 1.807) is 12.1 Å². The number of hydrogen-bond acceptors (Lipinski definition) is 5. The van der Waals surface area contributed by atoms with Gasteiger partial charge in [-0.2, -0.15) is 10.4 Å². The Balaban J connectivity index is 1.87. The number of nitrogens with zero attached hydrogens (tertiary/aromatic N) is 4. The average molecular weight is 360 g/mol. The van der Waals surface area contributed by atoms with Gasteiger partial charge in [-0.3, -0.25) is 0 Å². The van der Waals surface area contributed by atoms with Crippen LogP contribution in [0.2, 0.25) is 0 Å². The maximum Gasteiger partial charge on any atom is 0.350 e. The molecule has 0 fully saturated rings. The van der Waals surface area contributed by atoms with Crippen molar-refractivity contribution < 1.29 is 4.39 Å². The molecule has 0 spiro atoms. The first-order valence-electron chi connectivity index (χ1n) is 8.07. The van der Waals surface area contributed by atoms with Crippen molar-refractivity contribution in [3.8, 4) is 17.3 Å². The predicted octanol–water partition coefficient (Wildman–Crippen LogP) is 3.15. The van der Waals surface area contributed by atoms with Crippen LogP contribution < -0.4 is 11.0 Å². The van der Waals surface area contributed by atoms with Gasteiger partial charge < -0.3 is 5.32 Å². The smallest absolute Gasteiger partial charge is 0.325 e. The second kappa shape index (κ2) is 6.38. The number of anilines is 2. The van der Waals surface area contributed by atoms with E-state index in [1.807, 2.05) is 31.2 Å². The molecule has 27 heavy (non-hydrogen) atoms. The van der Waals surface area contributed by atoms with Crippen molar-refractivity contribution in [1.82, 2.24) is 19.6 Å². The summed E-state index contributed by atoms with van der Waals surface area (Å²) >= 11 is 0. The summed E-state index contributed by atoms with van der Waals surface area (Å²) in [5, 5.41) is 18.4. The van der Waals surface area contributed by atoms with Gasteiger partial charge in [-0.05, 0) is 31.2 Å². The molecule has 0 bridgehead atoms. The summed E-state index contributed by atoms with van der Waals surface area (Å²) in [6.45, 7) is 1.97. The van der Waals surface area contributed by atoms with Crippen molar-refractivity contribution in [1.29, 1.82) is 5.26 Å². The summed E-state index contributed by atoms with van der Waals surface area (Å²) in [5.41, 5.74) is 2.81. The molecule has 0 aliphatic heterocycles. The van der Waals surface area contributed by atoms with Crippen LogP contribution >= 0.6 is 0 Å². The molecule has 0 aliphatic carbocycles. The number of aryl methyl sites for hydroxylation is 1. The van der Waals surface area contributed by atoms with Crippen molar-refractivity contribution in [3.05, 3.63) is 76.0 Å². The van der Waals surface area contributed by atoms with E-state index in [0.717, 1.165) is 11.1 Å². The van der Waals surface area contributed by atoms with E-state index in [-0.39, 0.29) is 11.5 Å². The molecule has 0 unspecified atom stereocenters. The molecule has 4 rings (SSSR count). The van der Waals surface area contributed by atoms with Gasteiger partial charge in [0.05, 0.1) is 11.3 Å². The molecule has 2 N–H and O–H groups in total. The van der Waals surface area contributed by atoms with Gasteiger partial charge in [0.2, 0.25) is 5.95 Å². The Hall–Kier alpha value is -3.99. The fourth-order valence-electron chi connectivity index (χ4n) is 2.78. The van der Waals surface area contributed by atoms with E-state index in [1.165, 1.54) is 22.6 Å². The number of hydrogen-bond donors (Lipinski definition) is 2. The van der Waals surface area contributed by atoms with Gasteiger partial charge in [0.15, 0.2) is 5.65 Å². The zero-order valence-electron chi connectivity index (χ0n) is 14.2. The SMILES string of the molecule is Cc1cccc(-c2cc3n[nH]c(=O)n3c(Nc3ccc(F)c(C#N)c3)n2)c1. The molecule has 2 aromatic carbocycles. The third kappa shape index (κ3) is 3.02. The lowest BCUT2D eigenvalue weighted by Crippen LogP contribution is -2.14. The van der Waals surface area contributed by atoms with Crippen LogP contribution in [-0.2, 0) is 0 Å². The maximum absolute atomic E-state index is 13.6. The Morgan fingerprint density at radius 1 is 1.22 bits per heavy atom. The lowest BCUT2D eigenvalue weighted by Gasteiger charge is -2.10. The van der Waals surface area contributed by atoms with Gasteiger partial charge in [0.1, 0.15) is 11.9 Å². The number of aromatic nitrogens is 4. The number of rotatable bonds is 3. The molecule has 2 aromatic heterocycles. The van der Waals surface area contributed by atoms with Gasteiger partial charge in [0.25, 0.3) is 0 Å². The molecule has 4 aromatic rings. The van der Waals surface area contributed by atoms with Crippen molar-refractivity contribution in [2.75, 3.05) is 5.32 Å². The summed E-state index contributed by atoms with van der Waals surface area (Å²) in [5.74, 6) is -0.409. The average Bonchev–Trinajstić information content (AvgIpc) is 3.04. The van der Waals surface area contributed by atoms with Crippen molar-refractivity contribution in [2.24, 2.45) is 0 Å². The molecule has 0 radical (unpaired) electrons. The van der Waals surface area contributed by atoms with Crippen molar-refractivity contribution >= 4 is 17.3 Å². The van der Waals surface area contributed by atoms with Gasteiger partial charge >= 0.3 is 5.69 Å². The first-order chi connectivity index (χ1) is 13.0. The number of nitriles is 1. The zero-order valence-corrected chi connectivity index (χ0v) is 14.2. The third-order valence-corrected chi connectivity index (χ3v) is 4.06. The van der Waals surface area contributed by atoms with Crippen LogP contribution in [0.5, 0.6) is 0 Å². The van der Waals surface area contributed by atoms with Crippen LogP contribution in [0.3, 0.4) is 0 Å². The van der Waals surface area contributed by atoms with E-state index in [2.05, 4.69) is 20.5 Å². The molecular weight excluding hydrogens is 347 g/mol. The standard InChI is InChI=1S/C19H13FN6O/c1-11-3-2-4-12(7-11)16-9-17-24-25-19(27)26(17)18(23-16)22-14-5-6-15(20)13(8-14)10-21/h2-9H,1H3,(H,22,23)(H,25,27). The molecule has 132 valence electrons. The van der Waals surface area contributed by atoms with Gasteiger partial charge in [0, 0.05) is 17.3 Å². The Labute approximate surface area is 152 Å². The Kier molecular flexibility index (Phi) is 3.90. The molecular formula is C19H13FN6O. The number of nitrogens with one attached hydrogen (secondary N) is 2. The molecule has 0 saturated carbocycles. The van der Waals surface area contributed by atoms with Crippen LogP contribution in [-0.4, -0.2) is 19.6 Å². The van der Waals surface area contributed by atoms with Crippen molar-refractivity contribution in [3.63, 3.8) is 0 Å². The third-order valence-electron chi connectivity index (χ3n) is 4.06. The predicted molar refractivity (Wildman–Crippen MR) is 98.2 cm³/mol. The highest BCUT2D eigenvalue weighted by atomic mass is 19.1. The van der Waals surface area contributed by atoms with Crippen LogP contribution in [0, 0.1) is 24.1 Å². The number of H-pyrrole nitrogens is 1. The highest BCUT2D eigenvalue weighted by Gasteiger charge is 2.13. The number of benzene rings is 2. The normalized spacial score (nSPS) is 10.7. The van der Waals surface area contributed by atoms with Gasteiger partial charge in [-0.1, -0.05) is 23.8 Å². The quantitative estimate of drug-likeness (QED) is 0.585. The summed E-state index contributed by atoms with van der Waals surface area (Å²) in [6.07, 6.45) is 0. The van der Waals surface area contributed by atoms with Crippen LogP contribution in [0.4, 0.5) is 16.0 Å². The minimum Gasteiger partial charge on any atom is -0.325 e. The highest BCUT2D eigenvalue weighted by Crippen LogP contribution is 2.24. The zero-order chi connectivity index (χ0) is 19.0. The lowest BCUT2D eigenvalue weighted by molar-refractivity contribution is 0.624. The van der Waals surface area contributed by atoms with Crippen LogP contribution in [0.15, 0.2) is 53.3 Å². The van der Waals surface area contributed by atoms with Crippen LogP contribution in [0.1, 0.15) is 11.1 Å². The molecule has 0 aliphatic rings. The summed E-state index contributed by atoms with van der Waals surface area (Å²) in [6, 6.07) is 15.3. The van der Waals surface area contributed by atoms with E-state index in [0.29, 0.717) is 17.0 Å². The van der Waals surface area contributed by atoms with E-state index in [4.69, 9.17) is 5.26 Å². The molecule has 0 atom stereocenters. The lowest BCUT2D eigenvalue weighted by atomic mass is 10.1. The minimum absolute atomic E-state index is 0.106. The summed E-state index contributed by atoms with van der Waals surface area (Å²) in [7, 11) is 0. The summed E-state index contributed by atoms with van der Waals surface area (Å²) in [4.78, 5) is 16.7. The number of halogens is 1. The van der Waals surface area contributed by atoms with E-state index < -0.39 is 11.5 Å². The molecule has 0 saturated heterocycles. The molecule has 0 amide bonds.